The van der Waals surface area contributed by atoms with E-state index in [1.165, 1.54) is 11.3 Å². The first kappa shape index (κ1) is 13.6. The van der Waals surface area contributed by atoms with Gasteiger partial charge in [-0.15, -0.1) is 11.3 Å². The molecule has 1 N–H and O–H groups in total. The van der Waals surface area contributed by atoms with Crippen LogP contribution in [0.2, 0.25) is 5.02 Å². The number of benzene rings is 2. The molecular formula is C16H10ClN3S. The van der Waals surface area contributed by atoms with Gasteiger partial charge in [0, 0.05) is 21.7 Å². The maximum Gasteiger partial charge on any atom is 0.187 e. The number of hydrogen-bond acceptors (Lipinski definition) is 4. The topological polar surface area (TPSA) is 48.7 Å². The Bertz CT molecular complexity index is 820. The zero-order chi connectivity index (χ0) is 14.7. The van der Waals surface area contributed by atoms with Gasteiger partial charge in [-0.25, -0.2) is 4.98 Å². The standard InChI is InChI=1S/C16H10ClN3S/c17-13-5-2-4-12(8-13)15-10-21-16(20-15)19-14-6-1-3-11(7-14)9-18/h1-8,10H,(H,19,20). The van der Waals surface area contributed by atoms with Gasteiger partial charge in [-0.2, -0.15) is 5.26 Å². The third-order valence-corrected chi connectivity index (χ3v) is 3.86. The minimum atomic E-state index is 0.617. The molecule has 3 nitrogen and oxygen atoms in total. The molecule has 3 rings (SSSR count). The fraction of sp³-hybridized carbons (Fsp3) is 0. The van der Waals surface area contributed by atoms with Crippen molar-refractivity contribution in [2.45, 2.75) is 0 Å². The van der Waals surface area contributed by atoms with Gasteiger partial charge in [0.25, 0.3) is 0 Å². The highest BCUT2D eigenvalue weighted by Gasteiger charge is 2.05. The van der Waals surface area contributed by atoms with Crippen LogP contribution in [0.5, 0.6) is 0 Å². The molecule has 0 unspecified atom stereocenters. The minimum absolute atomic E-state index is 0.617. The lowest BCUT2D eigenvalue weighted by atomic mass is 10.2. The summed E-state index contributed by atoms with van der Waals surface area (Å²) < 4.78 is 0. The monoisotopic (exact) mass is 311 g/mol. The van der Waals surface area contributed by atoms with Gasteiger partial charge in [0.15, 0.2) is 5.13 Å². The Labute approximate surface area is 131 Å². The van der Waals surface area contributed by atoms with Crippen LogP contribution < -0.4 is 5.32 Å². The van der Waals surface area contributed by atoms with Gasteiger partial charge in [-0.1, -0.05) is 29.8 Å². The highest BCUT2D eigenvalue weighted by molar-refractivity contribution is 7.14. The molecule has 0 fully saturated rings. The van der Waals surface area contributed by atoms with Crippen molar-refractivity contribution in [2.75, 3.05) is 5.32 Å². The van der Waals surface area contributed by atoms with Gasteiger partial charge in [0.1, 0.15) is 0 Å². The molecule has 21 heavy (non-hydrogen) atoms. The molecule has 0 spiro atoms. The van der Waals surface area contributed by atoms with Gasteiger partial charge in [0.05, 0.1) is 17.3 Å². The molecule has 1 aromatic heterocycles. The van der Waals surface area contributed by atoms with Crippen LogP contribution >= 0.6 is 22.9 Å². The van der Waals surface area contributed by atoms with Crippen LogP contribution in [-0.2, 0) is 0 Å². The Kier molecular flexibility index (Phi) is 3.87. The van der Waals surface area contributed by atoms with Gasteiger partial charge in [-0.05, 0) is 30.3 Å². The first-order valence-corrected chi connectivity index (χ1v) is 7.49. The molecule has 0 aliphatic rings. The van der Waals surface area contributed by atoms with Crippen LogP contribution in [-0.4, -0.2) is 4.98 Å². The summed E-state index contributed by atoms with van der Waals surface area (Å²) in [4.78, 5) is 4.54. The maximum absolute atomic E-state index is 8.90. The lowest BCUT2D eigenvalue weighted by Crippen LogP contribution is -1.90. The van der Waals surface area contributed by atoms with Crippen molar-refractivity contribution in [3.8, 4) is 17.3 Å². The lowest BCUT2D eigenvalue weighted by Gasteiger charge is -2.02. The molecule has 0 radical (unpaired) electrons. The highest BCUT2D eigenvalue weighted by Crippen LogP contribution is 2.28. The van der Waals surface area contributed by atoms with E-state index in [1.807, 2.05) is 41.8 Å². The fourth-order valence-electron chi connectivity index (χ4n) is 1.90. The van der Waals surface area contributed by atoms with E-state index in [-0.39, 0.29) is 0 Å². The molecule has 3 aromatic rings. The zero-order valence-corrected chi connectivity index (χ0v) is 12.4. The predicted molar refractivity (Wildman–Crippen MR) is 87.0 cm³/mol. The molecule has 0 saturated heterocycles. The van der Waals surface area contributed by atoms with E-state index in [0.717, 1.165) is 22.1 Å². The van der Waals surface area contributed by atoms with Crippen LogP contribution in [0.1, 0.15) is 5.56 Å². The Balaban J connectivity index is 1.84. The van der Waals surface area contributed by atoms with E-state index in [2.05, 4.69) is 16.4 Å². The average molecular weight is 312 g/mol. The molecule has 0 saturated carbocycles. The largest absolute Gasteiger partial charge is 0.331 e. The van der Waals surface area contributed by atoms with E-state index in [1.54, 1.807) is 12.1 Å². The molecule has 0 atom stereocenters. The SMILES string of the molecule is N#Cc1cccc(Nc2nc(-c3cccc(Cl)c3)cs2)c1. The molecular weight excluding hydrogens is 302 g/mol. The Morgan fingerprint density at radius 2 is 2.00 bits per heavy atom. The van der Waals surface area contributed by atoms with Crippen molar-refractivity contribution in [3.05, 3.63) is 64.5 Å². The van der Waals surface area contributed by atoms with Crippen molar-refractivity contribution < 1.29 is 0 Å². The third-order valence-electron chi connectivity index (χ3n) is 2.87. The summed E-state index contributed by atoms with van der Waals surface area (Å²) in [5, 5.41) is 15.6. The number of thiazole rings is 1. The second-order valence-corrected chi connectivity index (χ2v) is 5.66. The van der Waals surface area contributed by atoms with Crippen LogP contribution in [0.4, 0.5) is 10.8 Å². The molecule has 2 aromatic carbocycles. The summed E-state index contributed by atoms with van der Waals surface area (Å²) in [5.41, 5.74) is 3.33. The maximum atomic E-state index is 8.90. The van der Waals surface area contributed by atoms with Crippen LogP contribution in [0.3, 0.4) is 0 Å². The minimum Gasteiger partial charge on any atom is -0.331 e. The predicted octanol–water partition coefficient (Wildman–Crippen LogP) is 5.08. The third kappa shape index (κ3) is 3.22. The fourth-order valence-corrected chi connectivity index (χ4v) is 2.83. The molecule has 0 aliphatic carbocycles. The summed E-state index contributed by atoms with van der Waals surface area (Å²) in [7, 11) is 0. The van der Waals surface area contributed by atoms with Crippen molar-refractivity contribution in [3.63, 3.8) is 0 Å². The van der Waals surface area contributed by atoms with Crippen LogP contribution in [0, 0.1) is 11.3 Å². The Morgan fingerprint density at radius 1 is 1.14 bits per heavy atom. The summed E-state index contributed by atoms with van der Waals surface area (Å²) in [6, 6.07) is 17.0. The Hall–Kier alpha value is -2.35. The summed E-state index contributed by atoms with van der Waals surface area (Å²) in [6.07, 6.45) is 0. The van der Waals surface area contributed by atoms with Crippen molar-refractivity contribution in [1.29, 1.82) is 5.26 Å². The number of aromatic nitrogens is 1. The molecule has 1 heterocycles. The number of nitrogens with one attached hydrogen (secondary N) is 1. The van der Waals surface area contributed by atoms with Gasteiger partial charge in [-0.3, -0.25) is 0 Å². The van der Waals surface area contributed by atoms with E-state index in [9.17, 15) is 0 Å². The second-order valence-electron chi connectivity index (χ2n) is 4.37. The first-order chi connectivity index (χ1) is 10.2. The first-order valence-electron chi connectivity index (χ1n) is 6.23. The van der Waals surface area contributed by atoms with Crippen molar-refractivity contribution in [1.82, 2.24) is 4.98 Å². The molecule has 5 heteroatoms. The number of nitrogens with zero attached hydrogens (tertiary/aromatic N) is 2. The van der Waals surface area contributed by atoms with E-state index in [0.29, 0.717) is 10.6 Å². The normalized spacial score (nSPS) is 10.1. The molecule has 0 amide bonds. The number of halogens is 1. The Morgan fingerprint density at radius 3 is 2.81 bits per heavy atom. The molecule has 0 bridgehead atoms. The van der Waals surface area contributed by atoms with E-state index < -0.39 is 0 Å². The second kappa shape index (κ2) is 5.96. The van der Waals surface area contributed by atoms with Crippen molar-refractivity contribution >= 4 is 33.8 Å². The average Bonchev–Trinajstić information content (AvgIpc) is 2.96. The summed E-state index contributed by atoms with van der Waals surface area (Å²) in [6.45, 7) is 0. The van der Waals surface area contributed by atoms with Gasteiger partial charge < -0.3 is 5.32 Å². The van der Waals surface area contributed by atoms with Crippen molar-refractivity contribution in [2.24, 2.45) is 0 Å². The smallest absolute Gasteiger partial charge is 0.187 e. The van der Waals surface area contributed by atoms with Gasteiger partial charge >= 0.3 is 0 Å². The number of anilines is 2. The lowest BCUT2D eigenvalue weighted by molar-refractivity contribution is 1.38. The quantitative estimate of drug-likeness (QED) is 0.734. The highest BCUT2D eigenvalue weighted by atomic mass is 35.5. The molecule has 0 aliphatic heterocycles. The number of rotatable bonds is 3. The number of nitriles is 1. The summed E-state index contributed by atoms with van der Waals surface area (Å²) in [5.74, 6) is 0. The number of hydrogen-bond donors (Lipinski definition) is 1. The van der Waals surface area contributed by atoms with Crippen LogP contribution in [0.25, 0.3) is 11.3 Å². The van der Waals surface area contributed by atoms with E-state index in [4.69, 9.17) is 16.9 Å². The zero-order valence-electron chi connectivity index (χ0n) is 10.9. The van der Waals surface area contributed by atoms with E-state index >= 15 is 0 Å². The van der Waals surface area contributed by atoms with Crippen LogP contribution in [0.15, 0.2) is 53.9 Å². The van der Waals surface area contributed by atoms with Gasteiger partial charge in [0.2, 0.25) is 0 Å². The summed E-state index contributed by atoms with van der Waals surface area (Å²) >= 11 is 7.50. The molecule has 102 valence electrons.